The van der Waals surface area contributed by atoms with E-state index < -0.39 is 4.92 Å². The molecule has 0 bridgehead atoms. The lowest BCUT2D eigenvalue weighted by Crippen LogP contribution is -2.14. The molecular formula is C20H13ClN4O3S2. The van der Waals surface area contributed by atoms with Gasteiger partial charge in [0.25, 0.3) is 5.69 Å². The molecule has 0 aliphatic carbocycles. The molecule has 150 valence electrons. The summed E-state index contributed by atoms with van der Waals surface area (Å²) in [4.78, 5) is 23.6. The number of halogens is 1. The van der Waals surface area contributed by atoms with E-state index in [1.54, 1.807) is 41.1 Å². The van der Waals surface area contributed by atoms with Crippen LogP contribution in [0.5, 0.6) is 0 Å². The normalized spacial score (nSPS) is 14.3. The molecule has 0 saturated carbocycles. The Balaban J connectivity index is 1.66. The number of allylic oxidation sites excluding steroid dienone is 1. The molecule has 0 radical (unpaired) electrons. The summed E-state index contributed by atoms with van der Waals surface area (Å²) in [5.41, 5.74) is 2.61. The van der Waals surface area contributed by atoms with Crippen LogP contribution in [0.1, 0.15) is 16.0 Å². The van der Waals surface area contributed by atoms with Crippen LogP contribution < -0.4 is 4.87 Å². The van der Waals surface area contributed by atoms with Crippen molar-refractivity contribution in [1.29, 1.82) is 0 Å². The van der Waals surface area contributed by atoms with Gasteiger partial charge in [-0.25, -0.2) is 0 Å². The predicted molar refractivity (Wildman–Crippen MR) is 122 cm³/mol. The van der Waals surface area contributed by atoms with E-state index in [1.165, 1.54) is 12.1 Å². The molecule has 4 rings (SSSR count). The Hall–Kier alpha value is -3.01. The predicted octanol–water partition coefficient (Wildman–Crippen LogP) is 4.68. The first-order valence-electron chi connectivity index (χ1n) is 8.67. The second-order valence-corrected chi connectivity index (χ2v) is 8.22. The van der Waals surface area contributed by atoms with E-state index in [2.05, 4.69) is 22.8 Å². The van der Waals surface area contributed by atoms with Crippen LogP contribution in [0, 0.1) is 10.1 Å². The highest BCUT2D eigenvalue weighted by Gasteiger charge is 2.18. The molecule has 0 unspecified atom stereocenters. The van der Waals surface area contributed by atoms with Crippen LogP contribution in [0.3, 0.4) is 0 Å². The largest absolute Gasteiger partial charge is 0.308 e. The maximum Gasteiger partial charge on any atom is 0.308 e. The van der Waals surface area contributed by atoms with Crippen molar-refractivity contribution >= 4 is 59.3 Å². The third-order valence-corrected chi connectivity index (χ3v) is 6.20. The maximum atomic E-state index is 12.5. The first-order valence-corrected chi connectivity index (χ1v) is 10.3. The van der Waals surface area contributed by atoms with Crippen LogP contribution in [0.15, 0.2) is 74.1 Å². The van der Waals surface area contributed by atoms with Gasteiger partial charge in [0.05, 0.1) is 27.6 Å². The molecule has 1 aromatic heterocycles. The number of nitro benzene ring substituents is 1. The lowest BCUT2D eigenvalue weighted by Gasteiger charge is -2.05. The van der Waals surface area contributed by atoms with Crippen molar-refractivity contribution < 1.29 is 4.92 Å². The standard InChI is InChI=1S/C20H13ClN4O3S2/c21-15-6-4-12(5-7-15)11-24-19(29)17(30-20(24)26)9-14-10-22-23-18(14)13-2-1-3-16(8-13)25(27)28/h1-10,29H,11H2/b14-9-. The summed E-state index contributed by atoms with van der Waals surface area (Å²) < 4.78 is 1.57. The minimum absolute atomic E-state index is 0.0323. The number of nitrogens with zero attached hydrogens (tertiary/aromatic N) is 4. The molecule has 0 spiro atoms. The van der Waals surface area contributed by atoms with Crippen LogP contribution in [0.25, 0.3) is 6.08 Å². The zero-order valence-corrected chi connectivity index (χ0v) is 17.7. The van der Waals surface area contributed by atoms with Crippen molar-refractivity contribution in [3.8, 4) is 0 Å². The average Bonchev–Trinajstić information content (AvgIpc) is 3.30. The van der Waals surface area contributed by atoms with E-state index in [0.29, 0.717) is 38.3 Å². The number of hydrogen-bond donors (Lipinski definition) is 1. The summed E-state index contributed by atoms with van der Waals surface area (Å²) in [5.74, 6) is 0. The van der Waals surface area contributed by atoms with Gasteiger partial charge in [0.1, 0.15) is 5.71 Å². The van der Waals surface area contributed by atoms with Gasteiger partial charge in [-0.3, -0.25) is 19.5 Å². The third-order valence-electron chi connectivity index (χ3n) is 4.39. The van der Waals surface area contributed by atoms with Gasteiger partial charge in [-0.1, -0.05) is 47.2 Å². The van der Waals surface area contributed by atoms with Gasteiger partial charge in [-0.15, -0.1) is 17.7 Å². The fourth-order valence-corrected chi connectivity index (χ4v) is 4.32. The molecule has 0 saturated heterocycles. The lowest BCUT2D eigenvalue weighted by atomic mass is 10.0. The number of aromatic nitrogens is 1. The summed E-state index contributed by atoms with van der Waals surface area (Å²) in [6.07, 6.45) is 3.32. The molecule has 30 heavy (non-hydrogen) atoms. The highest BCUT2D eigenvalue weighted by atomic mass is 35.5. The van der Waals surface area contributed by atoms with Crippen LogP contribution >= 0.6 is 35.6 Å². The Labute approximate surface area is 185 Å². The van der Waals surface area contributed by atoms with E-state index in [1.807, 2.05) is 12.1 Å². The maximum absolute atomic E-state index is 12.5. The molecule has 2 aromatic carbocycles. The molecule has 10 heteroatoms. The van der Waals surface area contributed by atoms with E-state index in [0.717, 1.165) is 16.9 Å². The fourth-order valence-electron chi connectivity index (χ4n) is 2.93. The SMILES string of the molecule is O=c1sc(/C=C2/C=NN=C2c2cccc([N+](=O)[O-])c2)c(S)n1Cc1ccc(Cl)cc1. The molecule has 1 aliphatic rings. The molecule has 2 heterocycles. The second kappa shape index (κ2) is 8.39. The summed E-state index contributed by atoms with van der Waals surface area (Å²) >= 11 is 11.5. The Morgan fingerprint density at radius 2 is 2.00 bits per heavy atom. The molecule has 3 aromatic rings. The molecule has 0 amide bonds. The number of benzene rings is 2. The Morgan fingerprint density at radius 3 is 2.73 bits per heavy atom. The van der Waals surface area contributed by atoms with E-state index >= 15 is 0 Å². The summed E-state index contributed by atoms with van der Waals surface area (Å²) in [6, 6.07) is 13.4. The summed E-state index contributed by atoms with van der Waals surface area (Å²) in [5, 5.41) is 20.2. The second-order valence-electron chi connectivity index (χ2n) is 6.37. The van der Waals surface area contributed by atoms with Crippen LogP contribution in [-0.4, -0.2) is 21.4 Å². The number of thiol groups is 1. The van der Waals surface area contributed by atoms with Gasteiger partial charge in [-0.2, -0.15) is 5.10 Å². The Morgan fingerprint density at radius 1 is 1.23 bits per heavy atom. The third kappa shape index (κ3) is 4.13. The lowest BCUT2D eigenvalue weighted by molar-refractivity contribution is -0.384. The molecule has 1 aliphatic heterocycles. The molecule has 7 nitrogen and oxygen atoms in total. The topological polar surface area (TPSA) is 89.9 Å². The van der Waals surface area contributed by atoms with Crippen molar-refractivity contribution in [3.05, 3.63) is 94.9 Å². The molecule has 0 atom stereocenters. The number of hydrogen-bond acceptors (Lipinski definition) is 7. The van der Waals surface area contributed by atoms with Crippen molar-refractivity contribution in [2.24, 2.45) is 10.2 Å². The minimum atomic E-state index is -0.461. The van der Waals surface area contributed by atoms with Gasteiger partial charge >= 0.3 is 4.87 Å². The van der Waals surface area contributed by atoms with Crippen molar-refractivity contribution in [2.75, 3.05) is 0 Å². The van der Waals surface area contributed by atoms with Crippen LogP contribution in [0.4, 0.5) is 5.69 Å². The monoisotopic (exact) mass is 456 g/mol. The number of non-ortho nitro benzene ring substituents is 1. The zero-order valence-electron chi connectivity index (χ0n) is 15.2. The number of rotatable bonds is 5. The van der Waals surface area contributed by atoms with E-state index in [9.17, 15) is 14.9 Å². The van der Waals surface area contributed by atoms with Crippen molar-refractivity contribution in [1.82, 2.24) is 4.57 Å². The number of thiazole rings is 1. The van der Waals surface area contributed by atoms with Crippen molar-refractivity contribution in [2.45, 2.75) is 11.6 Å². The fraction of sp³-hybridized carbons (Fsp3) is 0.0500. The number of nitro groups is 1. The van der Waals surface area contributed by atoms with Gasteiger partial charge in [0, 0.05) is 28.3 Å². The molecule has 0 N–H and O–H groups in total. The van der Waals surface area contributed by atoms with Gasteiger partial charge in [-0.05, 0) is 23.8 Å². The first-order chi connectivity index (χ1) is 14.4. The first kappa shape index (κ1) is 20.3. The van der Waals surface area contributed by atoms with E-state index in [-0.39, 0.29) is 10.6 Å². The van der Waals surface area contributed by atoms with Gasteiger partial charge in [0.2, 0.25) is 0 Å². The van der Waals surface area contributed by atoms with E-state index in [4.69, 9.17) is 11.6 Å². The Kier molecular flexibility index (Phi) is 5.67. The zero-order chi connectivity index (χ0) is 21.3. The summed E-state index contributed by atoms with van der Waals surface area (Å²) in [7, 11) is 0. The van der Waals surface area contributed by atoms with Crippen LogP contribution in [0.2, 0.25) is 5.02 Å². The molecular weight excluding hydrogens is 444 g/mol. The smallest absolute Gasteiger partial charge is 0.289 e. The Bertz CT molecular complexity index is 1290. The average molecular weight is 457 g/mol. The van der Waals surface area contributed by atoms with Gasteiger partial charge < -0.3 is 0 Å². The minimum Gasteiger partial charge on any atom is -0.289 e. The highest BCUT2D eigenvalue weighted by Crippen LogP contribution is 2.25. The quantitative estimate of drug-likeness (QED) is 0.343. The molecule has 0 fully saturated rings. The summed E-state index contributed by atoms with van der Waals surface area (Å²) in [6.45, 7) is 0.369. The van der Waals surface area contributed by atoms with Crippen molar-refractivity contribution in [3.63, 3.8) is 0 Å². The van der Waals surface area contributed by atoms with Gasteiger partial charge in [0.15, 0.2) is 0 Å². The highest BCUT2D eigenvalue weighted by molar-refractivity contribution is 7.80. The van der Waals surface area contributed by atoms with Crippen LogP contribution in [-0.2, 0) is 6.54 Å².